The van der Waals surface area contributed by atoms with Gasteiger partial charge in [-0.15, -0.1) is 10.2 Å². The maximum Gasteiger partial charge on any atom is 0.230 e. The third-order valence-corrected chi connectivity index (χ3v) is 5.42. The maximum atomic E-state index is 5.86. The molecule has 1 aromatic heterocycles. The van der Waals surface area contributed by atoms with Gasteiger partial charge in [0.25, 0.3) is 0 Å². The molecule has 0 unspecified atom stereocenters. The number of aromatic nitrogens is 2. The van der Waals surface area contributed by atoms with Crippen LogP contribution in [-0.4, -0.2) is 27.7 Å². The molecule has 0 spiro atoms. The first-order chi connectivity index (χ1) is 10.7. The van der Waals surface area contributed by atoms with Crippen LogP contribution in [-0.2, 0) is 6.54 Å². The molecule has 2 fully saturated rings. The largest absolute Gasteiger partial charge is 0.424 e. The standard InChI is InChI=1S/C18H31N3O/c1-14(2)18-20-19-17(22-18)13-21-12-8-4-7-11-16(21)15-9-5-3-6-10-15/h14-16H,3-13H2,1-2H3/t16-/m0/s1. The van der Waals surface area contributed by atoms with Crippen molar-refractivity contribution in [3.63, 3.8) is 0 Å². The van der Waals surface area contributed by atoms with Crippen molar-refractivity contribution < 1.29 is 4.42 Å². The Hall–Kier alpha value is -0.900. The van der Waals surface area contributed by atoms with Crippen molar-refractivity contribution in [3.05, 3.63) is 11.8 Å². The third-order valence-electron chi connectivity index (χ3n) is 5.42. The molecule has 0 radical (unpaired) electrons. The van der Waals surface area contributed by atoms with Gasteiger partial charge in [-0.1, -0.05) is 46.0 Å². The Morgan fingerprint density at radius 2 is 1.73 bits per heavy atom. The molecule has 1 atom stereocenters. The average Bonchev–Trinajstić information content (AvgIpc) is 2.88. The van der Waals surface area contributed by atoms with Crippen LogP contribution < -0.4 is 0 Å². The second-order valence-corrected chi connectivity index (χ2v) is 7.47. The van der Waals surface area contributed by atoms with Crippen molar-refractivity contribution in [2.75, 3.05) is 6.54 Å². The van der Waals surface area contributed by atoms with Crippen LogP contribution in [0.2, 0.25) is 0 Å². The molecule has 0 N–H and O–H groups in total. The zero-order chi connectivity index (χ0) is 15.4. The van der Waals surface area contributed by atoms with Crippen molar-refractivity contribution in [2.45, 2.75) is 90.1 Å². The van der Waals surface area contributed by atoms with Gasteiger partial charge in [0.1, 0.15) is 0 Å². The van der Waals surface area contributed by atoms with Crippen LogP contribution in [0.25, 0.3) is 0 Å². The molecule has 1 saturated heterocycles. The Kier molecular flexibility index (Phi) is 5.51. The van der Waals surface area contributed by atoms with Gasteiger partial charge in [0.2, 0.25) is 11.8 Å². The molecule has 2 heterocycles. The summed E-state index contributed by atoms with van der Waals surface area (Å²) in [4.78, 5) is 2.65. The molecule has 1 aliphatic heterocycles. The van der Waals surface area contributed by atoms with Gasteiger partial charge in [-0.2, -0.15) is 0 Å². The summed E-state index contributed by atoms with van der Waals surface area (Å²) in [5.74, 6) is 2.80. The lowest BCUT2D eigenvalue weighted by molar-refractivity contribution is 0.102. The van der Waals surface area contributed by atoms with E-state index in [4.69, 9.17) is 4.42 Å². The lowest BCUT2D eigenvalue weighted by Gasteiger charge is -2.37. The molecule has 2 aliphatic rings. The van der Waals surface area contributed by atoms with Crippen LogP contribution in [0.3, 0.4) is 0 Å². The molecule has 1 aliphatic carbocycles. The van der Waals surface area contributed by atoms with Gasteiger partial charge >= 0.3 is 0 Å². The molecule has 0 bridgehead atoms. The van der Waals surface area contributed by atoms with Crippen molar-refractivity contribution in [3.8, 4) is 0 Å². The topological polar surface area (TPSA) is 42.2 Å². The van der Waals surface area contributed by atoms with Crippen molar-refractivity contribution in [1.82, 2.24) is 15.1 Å². The van der Waals surface area contributed by atoms with Gasteiger partial charge in [-0.05, 0) is 38.1 Å². The van der Waals surface area contributed by atoms with Crippen molar-refractivity contribution in [1.29, 1.82) is 0 Å². The quantitative estimate of drug-likeness (QED) is 0.820. The molecule has 3 rings (SSSR count). The highest BCUT2D eigenvalue weighted by atomic mass is 16.4. The Balaban J connectivity index is 1.69. The van der Waals surface area contributed by atoms with Crippen LogP contribution in [0.4, 0.5) is 0 Å². The fraction of sp³-hybridized carbons (Fsp3) is 0.889. The molecular weight excluding hydrogens is 274 g/mol. The van der Waals surface area contributed by atoms with Crippen molar-refractivity contribution >= 4 is 0 Å². The second-order valence-electron chi connectivity index (χ2n) is 7.47. The van der Waals surface area contributed by atoms with E-state index in [1.165, 1.54) is 64.3 Å². The van der Waals surface area contributed by atoms with Crippen LogP contribution in [0.5, 0.6) is 0 Å². The minimum atomic E-state index is 0.319. The van der Waals surface area contributed by atoms with Crippen LogP contribution in [0.1, 0.15) is 89.3 Å². The van der Waals surface area contributed by atoms with Crippen LogP contribution in [0.15, 0.2) is 4.42 Å². The van der Waals surface area contributed by atoms with E-state index in [0.29, 0.717) is 5.92 Å². The van der Waals surface area contributed by atoms with E-state index in [1.807, 2.05) is 0 Å². The fourth-order valence-electron chi connectivity index (χ4n) is 4.18. The molecule has 1 aromatic rings. The van der Waals surface area contributed by atoms with Gasteiger partial charge < -0.3 is 4.42 Å². The lowest BCUT2D eigenvalue weighted by Crippen LogP contribution is -2.40. The lowest BCUT2D eigenvalue weighted by atomic mass is 9.81. The van der Waals surface area contributed by atoms with E-state index in [0.717, 1.165) is 30.3 Å². The van der Waals surface area contributed by atoms with Crippen LogP contribution in [0, 0.1) is 5.92 Å². The summed E-state index contributed by atoms with van der Waals surface area (Å²) >= 11 is 0. The van der Waals surface area contributed by atoms with Gasteiger partial charge in [0.05, 0.1) is 6.54 Å². The normalized spacial score (nSPS) is 25.5. The first kappa shape index (κ1) is 16.0. The van der Waals surface area contributed by atoms with E-state index in [1.54, 1.807) is 0 Å². The minimum absolute atomic E-state index is 0.319. The minimum Gasteiger partial charge on any atom is -0.424 e. The highest BCUT2D eigenvalue weighted by molar-refractivity contribution is 4.90. The first-order valence-corrected chi connectivity index (χ1v) is 9.30. The molecule has 4 heteroatoms. The summed E-state index contributed by atoms with van der Waals surface area (Å²) in [5, 5.41) is 8.48. The van der Waals surface area contributed by atoms with E-state index < -0.39 is 0 Å². The molecule has 0 aromatic carbocycles. The third kappa shape index (κ3) is 3.89. The highest BCUT2D eigenvalue weighted by Crippen LogP contribution is 2.33. The summed E-state index contributed by atoms with van der Waals surface area (Å²) in [6, 6.07) is 0.734. The number of hydrogen-bond acceptors (Lipinski definition) is 4. The Morgan fingerprint density at radius 3 is 2.45 bits per heavy atom. The number of rotatable bonds is 4. The molecule has 0 amide bonds. The predicted molar refractivity (Wildman–Crippen MR) is 87.6 cm³/mol. The maximum absolute atomic E-state index is 5.86. The van der Waals surface area contributed by atoms with E-state index >= 15 is 0 Å². The fourth-order valence-corrected chi connectivity index (χ4v) is 4.18. The first-order valence-electron chi connectivity index (χ1n) is 9.30. The van der Waals surface area contributed by atoms with Crippen LogP contribution >= 0.6 is 0 Å². The number of likely N-dealkylation sites (tertiary alicyclic amines) is 1. The zero-order valence-electron chi connectivity index (χ0n) is 14.3. The number of nitrogens with zero attached hydrogens (tertiary/aromatic N) is 3. The molecular formula is C18H31N3O. The molecule has 4 nitrogen and oxygen atoms in total. The van der Waals surface area contributed by atoms with E-state index in [2.05, 4.69) is 28.9 Å². The number of hydrogen-bond donors (Lipinski definition) is 0. The van der Waals surface area contributed by atoms with Gasteiger partial charge in [-0.25, -0.2) is 0 Å². The Bertz CT molecular complexity index is 451. The summed E-state index contributed by atoms with van der Waals surface area (Å²) < 4.78 is 5.86. The van der Waals surface area contributed by atoms with E-state index in [9.17, 15) is 0 Å². The Labute approximate surface area is 134 Å². The van der Waals surface area contributed by atoms with Crippen molar-refractivity contribution in [2.24, 2.45) is 5.92 Å². The second kappa shape index (κ2) is 7.58. The summed E-state index contributed by atoms with van der Waals surface area (Å²) in [6.07, 6.45) is 12.6. The monoisotopic (exact) mass is 305 g/mol. The van der Waals surface area contributed by atoms with Gasteiger partial charge in [0.15, 0.2) is 0 Å². The summed E-state index contributed by atoms with van der Waals surface area (Å²) in [5.41, 5.74) is 0. The summed E-state index contributed by atoms with van der Waals surface area (Å²) in [7, 11) is 0. The molecule has 22 heavy (non-hydrogen) atoms. The van der Waals surface area contributed by atoms with Gasteiger partial charge in [0, 0.05) is 12.0 Å². The zero-order valence-corrected chi connectivity index (χ0v) is 14.3. The average molecular weight is 305 g/mol. The smallest absolute Gasteiger partial charge is 0.230 e. The predicted octanol–water partition coefficient (Wildman–Crippen LogP) is 4.52. The van der Waals surface area contributed by atoms with Gasteiger partial charge in [-0.3, -0.25) is 4.90 Å². The molecule has 124 valence electrons. The molecule has 1 saturated carbocycles. The SMILES string of the molecule is CC(C)c1nnc(CN2CCCCC[C@H]2C2CCCCC2)o1. The van der Waals surface area contributed by atoms with E-state index in [-0.39, 0.29) is 0 Å². The Morgan fingerprint density at radius 1 is 1.00 bits per heavy atom. The highest BCUT2D eigenvalue weighted by Gasteiger charge is 2.30. The summed E-state index contributed by atoms with van der Waals surface area (Å²) in [6.45, 7) is 6.25.